The minimum Gasteiger partial charge on any atom is -0.206 e. The van der Waals surface area contributed by atoms with E-state index in [4.69, 9.17) is 0 Å². The lowest BCUT2D eigenvalue weighted by Gasteiger charge is -2.14. The van der Waals surface area contributed by atoms with E-state index in [1.807, 2.05) is 0 Å². The molecule has 0 atom stereocenters. The van der Waals surface area contributed by atoms with Gasteiger partial charge in [-0.3, -0.25) is 0 Å². The van der Waals surface area contributed by atoms with Crippen molar-refractivity contribution >= 4 is 31.9 Å². The summed E-state index contributed by atoms with van der Waals surface area (Å²) in [5.74, 6) is -0.706. The van der Waals surface area contributed by atoms with Crippen LogP contribution in [0.1, 0.15) is 5.56 Å². The smallest absolute Gasteiger partial charge is 0.206 e. The molecule has 0 amide bonds. The number of hydrogen-bond donors (Lipinski definition) is 0. The van der Waals surface area contributed by atoms with Crippen LogP contribution in [0.3, 0.4) is 0 Å². The Balaban J connectivity index is 2.68. The zero-order chi connectivity index (χ0) is 14.2. The number of alkyl halides is 3. The first-order chi connectivity index (χ1) is 8.79. The fourth-order valence-corrected chi connectivity index (χ4v) is 2.39. The summed E-state index contributed by atoms with van der Waals surface area (Å²) in [5, 5.41) is 0. The van der Waals surface area contributed by atoms with Crippen LogP contribution in [-0.4, -0.2) is 0 Å². The van der Waals surface area contributed by atoms with Gasteiger partial charge in [0.1, 0.15) is 5.82 Å². The summed E-state index contributed by atoms with van der Waals surface area (Å²) >= 11 is 6.06. The van der Waals surface area contributed by atoms with Crippen LogP contribution < -0.4 is 0 Å². The average Bonchev–Trinajstić information content (AvgIpc) is 2.28. The highest BCUT2D eigenvalue weighted by Gasteiger charge is 2.34. The van der Waals surface area contributed by atoms with E-state index in [0.717, 1.165) is 12.1 Å². The maximum absolute atomic E-state index is 13.8. The molecule has 0 aliphatic rings. The topological polar surface area (TPSA) is 0 Å². The Kier molecular flexibility index (Phi) is 4.01. The van der Waals surface area contributed by atoms with Crippen LogP contribution in [0.2, 0.25) is 0 Å². The quantitative estimate of drug-likeness (QED) is 0.515. The summed E-state index contributed by atoms with van der Waals surface area (Å²) in [6.45, 7) is 0. The molecule has 0 aliphatic carbocycles. The molecule has 2 aromatic carbocycles. The molecule has 0 spiro atoms. The van der Waals surface area contributed by atoms with Gasteiger partial charge in [0.05, 0.1) is 5.56 Å². The van der Waals surface area contributed by atoms with Crippen molar-refractivity contribution < 1.29 is 17.6 Å². The Morgan fingerprint density at radius 3 is 1.84 bits per heavy atom. The summed E-state index contributed by atoms with van der Waals surface area (Å²) in [5.41, 5.74) is -1.13. The summed E-state index contributed by atoms with van der Waals surface area (Å²) < 4.78 is 53.5. The normalized spacial score (nSPS) is 11.7. The molecule has 0 unspecified atom stereocenters. The van der Waals surface area contributed by atoms with Crippen molar-refractivity contribution in [3.8, 4) is 11.1 Å². The summed E-state index contributed by atoms with van der Waals surface area (Å²) in [6.07, 6.45) is -4.54. The predicted molar refractivity (Wildman–Crippen MR) is 72.2 cm³/mol. The van der Waals surface area contributed by atoms with Gasteiger partial charge >= 0.3 is 6.18 Å². The molecule has 0 saturated carbocycles. The molecule has 2 rings (SSSR count). The second kappa shape index (κ2) is 5.25. The van der Waals surface area contributed by atoms with Crippen molar-refractivity contribution in [2.75, 3.05) is 0 Å². The zero-order valence-electron chi connectivity index (χ0n) is 9.23. The van der Waals surface area contributed by atoms with Crippen LogP contribution in [0.5, 0.6) is 0 Å². The molecule has 0 aliphatic heterocycles. The number of benzene rings is 2. The van der Waals surface area contributed by atoms with Crippen LogP contribution in [0.15, 0.2) is 45.3 Å². The molecule has 0 heterocycles. The Bertz CT molecular complexity index is 621. The van der Waals surface area contributed by atoms with Gasteiger partial charge in [-0.1, -0.05) is 44.0 Å². The van der Waals surface area contributed by atoms with Gasteiger partial charge in [0.25, 0.3) is 0 Å². The number of halogens is 6. The molecule has 19 heavy (non-hydrogen) atoms. The third-order valence-corrected chi connectivity index (χ3v) is 3.49. The summed E-state index contributed by atoms with van der Waals surface area (Å²) in [7, 11) is 0. The lowest BCUT2D eigenvalue weighted by atomic mass is 9.99. The van der Waals surface area contributed by atoms with E-state index in [9.17, 15) is 17.6 Å². The van der Waals surface area contributed by atoms with E-state index < -0.39 is 17.6 Å². The number of rotatable bonds is 1. The van der Waals surface area contributed by atoms with Crippen LogP contribution in [0.4, 0.5) is 17.6 Å². The second-order valence-electron chi connectivity index (χ2n) is 3.81. The largest absolute Gasteiger partial charge is 0.417 e. The highest BCUT2D eigenvalue weighted by atomic mass is 79.9. The van der Waals surface area contributed by atoms with Gasteiger partial charge in [0.2, 0.25) is 0 Å². The summed E-state index contributed by atoms with van der Waals surface area (Å²) in [6, 6.07) is 7.60. The molecule has 0 aromatic heterocycles. The lowest BCUT2D eigenvalue weighted by molar-refractivity contribution is -0.137. The highest BCUT2D eigenvalue weighted by molar-refractivity contribution is 9.10. The zero-order valence-corrected chi connectivity index (χ0v) is 12.4. The molecule has 2 aromatic rings. The minimum absolute atomic E-state index is 0.0805. The van der Waals surface area contributed by atoms with Gasteiger partial charge in [-0.25, -0.2) is 4.39 Å². The van der Waals surface area contributed by atoms with E-state index in [2.05, 4.69) is 31.9 Å². The maximum Gasteiger partial charge on any atom is 0.417 e. The minimum atomic E-state index is -4.54. The monoisotopic (exact) mass is 396 g/mol. The predicted octanol–water partition coefficient (Wildman–Crippen LogP) is 6.04. The maximum atomic E-state index is 13.8. The van der Waals surface area contributed by atoms with Gasteiger partial charge in [0.15, 0.2) is 0 Å². The molecule has 0 nitrogen and oxygen atoms in total. The Morgan fingerprint density at radius 2 is 1.32 bits per heavy atom. The van der Waals surface area contributed by atoms with Crippen molar-refractivity contribution in [2.45, 2.75) is 6.18 Å². The highest BCUT2D eigenvalue weighted by Crippen LogP contribution is 2.39. The van der Waals surface area contributed by atoms with Gasteiger partial charge in [0, 0.05) is 14.5 Å². The van der Waals surface area contributed by atoms with Crippen LogP contribution >= 0.6 is 31.9 Å². The van der Waals surface area contributed by atoms with Gasteiger partial charge in [-0.2, -0.15) is 13.2 Å². The lowest BCUT2D eigenvalue weighted by Crippen LogP contribution is -2.07. The van der Waals surface area contributed by atoms with Gasteiger partial charge < -0.3 is 0 Å². The van der Waals surface area contributed by atoms with Crippen molar-refractivity contribution in [1.29, 1.82) is 0 Å². The first-order valence-electron chi connectivity index (χ1n) is 5.11. The van der Waals surface area contributed by atoms with E-state index in [0.29, 0.717) is 8.95 Å². The van der Waals surface area contributed by atoms with Gasteiger partial charge in [-0.15, -0.1) is 0 Å². The molecule has 0 N–H and O–H groups in total. The molecule has 0 radical (unpaired) electrons. The Hall–Kier alpha value is -0.880. The van der Waals surface area contributed by atoms with Crippen molar-refractivity contribution in [3.63, 3.8) is 0 Å². The van der Waals surface area contributed by atoms with Crippen molar-refractivity contribution in [3.05, 3.63) is 56.7 Å². The van der Waals surface area contributed by atoms with E-state index in [1.165, 1.54) is 24.3 Å². The number of hydrogen-bond acceptors (Lipinski definition) is 0. The third kappa shape index (κ3) is 3.17. The Labute approximate surface area is 123 Å². The van der Waals surface area contributed by atoms with E-state index in [1.54, 1.807) is 0 Å². The molecule has 0 bridgehead atoms. The summed E-state index contributed by atoms with van der Waals surface area (Å²) in [4.78, 5) is 0. The average molecular weight is 398 g/mol. The first-order valence-corrected chi connectivity index (χ1v) is 6.70. The van der Waals surface area contributed by atoms with Crippen molar-refractivity contribution in [2.24, 2.45) is 0 Å². The van der Waals surface area contributed by atoms with E-state index in [-0.39, 0.29) is 11.1 Å². The third-order valence-electron chi connectivity index (χ3n) is 2.51. The standard InChI is InChI=1S/C13H6Br2F4/c14-7-1-3-9(11(5-7)13(17,18)19)10-4-2-8(15)6-12(10)16/h1-6H. The van der Waals surface area contributed by atoms with Crippen molar-refractivity contribution in [1.82, 2.24) is 0 Å². The fourth-order valence-electron chi connectivity index (χ4n) is 1.69. The SMILES string of the molecule is Fc1cc(Br)ccc1-c1ccc(Br)cc1C(F)(F)F. The Morgan fingerprint density at radius 1 is 0.789 bits per heavy atom. The molecule has 0 fully saturated rings. The molecule has 100 valence electrons. The van der Waals surface area contributed by atoms with Gasteiger partial charge in [-0.05, 0) is 29.8 Å². The molecular formula is C13H6Br2F4. The van der Waals surface area contributed by atoms with E-state index >= 15 is 0 Å². The second-order valence-corrected chi connectivity index (χ2v) is 5.64. The van der Waals surface area contributed by atoms with Crippen LogP contribution in [-0.2, 0) is 6.18 Å². The first kappa shape index (κ1) is 14.5. The fraction of sp³-hybridized carbons (Fsp3) is 0.0769. The molecule has 0 saturated heterocycles. The van der Waals surface area contributed by atoms with Crippen LogP contribution in [0.25, 0.3) is 11.1 Å². The molecule has 6 heteroatoms. The van der Waals surface area contributed by atoms with Crippen LogP contribution in [0, 0.1) is 5.82 Å². The molecular weight excluding hydrogens is 392 g/mol.